The summed E-state index contributed by atoms with van der Waals surface area (Å²) < 4.78 is 11.8. The van der Waals surface area contributed by atoms with Crippen molar-refractivity contribution in [1.29, 1.82) is 5.26 Å². The second-order valence-corrected chi connectivity index (χ2v) is 9.96. The molecule has 0 radical (unpaired) electrons. The minimum Gasteiger partial charge on any atom is -0.489 e. The number of allylic oxidation sites excluding steroid dienone is 1. The molecule has 1 heterocycles. The maximum atomic E-state index is 11.6. The molecule has 0 spiro atoms. The van der Waals surface area contributed by atoms with Crippen LogP contribution in [0.25, 0.3) is 22.8 Å². The van der Waals surface area contributed by atoms with E-state index in [9.17, 15) is 10.1 Å². The molecule has 198 valence electrons. The molecule has 2 unspecified atom stereocenters. The van der Waals surface area contributed by atoms with E-state index in [0.717, 1.165) is 46.2 Å². The highest BCUT2D eigenvalue weighted by Gasteiger charge is 2.22. The molecule has 0 saturated carbocycles. The molecule has 1 fully saturated rings. The van der Waals surface area contributed by atoms with Gasteiger partial charge in [-0.25, -0.2) is 0 Å². The van der Waals surface area contributed by atoms with Gasteiger partial charge in [-0.05, 0) is 73.2 Å². The highest BCUT2D eigenvalue weighted by molar-refractivity contribution is 5.94. The first-order valence-corrected chi connectivity index (χ1v) is 13.5. The van der Waals surface area contributed by atoms with Gasteiger partial charge in [0.2, 0.25) is 0 Å². The molecule has 3 aromatic carbocycles. The molecule has 38 heavy (non-hydrogen) atoms. The van der Waals surface area contributed by atoms with Crippen LogP contribution in [0.5, 0.6) is 5.75 Å². The molecule has 4 nitrogen and oxygen atoms in total. The Morgan fingerprint density at radius 3 is 2.39 bits per heavy atom. The number of nitrogens with zero attached hydrogens (tertiary/aromatic N) is 1. The van der Waals surface area contributed by atoms with Gasteiger partial charge < -0.3 is 9.47 Å². The fraction of sp³-hybridized carbons (Fsp3) is 0.353. The third-order valence-corrected chi connectivity index (χ3v) is 6.64. The van der Waals surface area contributed by atoms with E-state index in [2.05, 4.69) is 58.9 Å². The van der Waals surface area contributed by atoms with E-state index in [0.29, 0.717) is 23.5 Å². The van der Waals surface area contributed by atoms with E-state index in [1.54, 1.807) is 6.92 Å². The number of benzene rings is 3. The number of hydrogen-bond acceptors (Lipinski definition) is 4. The monoisotopic (exact) mass is 509 g/mol. The van der Waals surface area contributed by atoms with Crippen molar-refractivity contribution in [2.45, 2.75) is 73.0 Å². The highest BCUT2D eigenvalue weighted by Crippen LogP contribution is 2.32. The Hall–Kier alpha value is -3.68. The maximum absolute atomic E-state index is 11.6. The molecular weight excluding hydrogens is 470 g/mol. The predicted octanol–water partition coefficient (Wildman–Crippen LogP) is 8.66. The lowest BCUT2D eigenvalue weighted by Gasteiger charge is -2.28. The lowest BCUT2D eigenvalue weighted by atomic mass is 9.93. The lowest BCUT2D eigenvalue weighted by molar-refractivity contribution is -0.0252. The van der Waals surface area contributed by atoms with Crippen molar-refractivity contribution in [3.8, 4) is 22.9 Å². The molecule has 2 atom stereocenters. The summed E-state index contributed by atoms with van der Waals surface area (Å²) in [6.07, 6.45) is 5.32. The van der Waals surface area contributed by atoms with Gasteiger partial charge in [-0.2, -0.15) is 5.26 Å². The van der Waals surface area contributed by atoms with Crippen LogP contribution in [0.15, 0.2) is 60.7 Å². The predicted molar refractivity (Wildman–Crippen MR) is 156 cm³/mol. The van der Waals surface area contributed by atoms with Crippen LogP contribution in [0.3, 0.4) is 0 Å². The second kappa shape index (κ2) is 13.7. The van der Waals surface area contributed by atoms with E-state index in [4.69, 9.17) is 9.47 Å². The van der Waals surface area contributed by atoms with Crippen LogP contribution in [-0.2, 0) is 4.74 Å². The Labute approximate surface area is 227 Å². The third-order valence-electron chi connectivity index (χ3n) is 6.64. The summed E-state index contributed by atoms with van der Waals surface area (Å²) in [7, 11) is 0. The Kier molecular flexibility index (Phi) is 10.4. The SMILES string of the molecule is CC(=O)c1ccc(/C(C)=C/c2cccc(-c3ccc(OC4CCOC(C)C4)c(C#N)c3)c2C)cc1.CCC. The number of Topliss-reactive ketones (excluding diaryl/α,β-unsaturated/α-hetero) is 1. The molecule has 1 saturated heterocycles. The van der Waals surface area contributed by atoms with Crippen LogP contribution in [-0.4, -0.2) is 24.6 Å². The molecular formula is C34H39NO3. The third kappa shape index (κ3) is 7.43. The topological polar surface area (TPSA) is 59.3 Å². The van der Waals surface area contributed by atoms with E-state index in [1.807, 2.05) is 48.5 Å². The second-order valence-electron chi connectivity index (χ2n) is 9.96. The van der Waals surface area contributed by atoms with Gasteiger partial charge in [0.15, 0.2) is 5.78 Å². The first-order valence-electron chi connectivity index (χ1n) is 13.5. The Morgan fingerprint density at radius 1 is 1.08 bits per heavy atom. The lowest BCUT2D eigenvalue weighted by Crippen LogP contribution is -2.31. The van der Waals surface area contributed by atoms with Crippen LogP contribution >= 0.6 is 0 Å². The van der Waals surface area contributed by atoms with E-state index < -0.39 is 0 Å². The normalized spacial score (nSPS) is 17.1. The zero-order valence-corrected chi connectivity index (χ0v) is 23.5. The Morgan fingerprint density at radius 2 is 1.76 bits per heavy atom. The average Bonchev–Trinajstić information content (AvgIpc) is 2.90. The van der Waals surface area contributed by atoms with Crippen LogP contribution in [0.4, 0.5) is 0 Å². The zero-order valence-electron chi connectivity index (χ0n) is 23.5. The van der Waals surface area contributed by atoms with Gasteiger partial charge in [0.1, 0.15) is 17.9 Å². The van der Waals surface area contributed by atoms with E-state index in [1.165, 1.54) is 6.42 Å². The van der Waals surface area contributed by atoms with E-state index in [-0.39, 0.29) is 18.0 Å². The number of hydrogen-bond donors (Lipinski definition) is 0. The summed E-state index contributed by atoms with van der Waals surface area (Å²) in [4.78, 5) is 11.6. The van der Waals surface area contributed by atoms with Crippen LogP contribution in [0.2, 0.25) is 0 Å². The van der Waals surface area contributed by atoms with Gasteiger partial charge in [-0.1, -0.05) is 74.9 Å². The summed E-state index contributed by atoms with van der Waals surface area (Å²) in [6, 6.07) is 22.1. The molecule has 1 aliphatic rings. The molecule has 0 N–H and O–H groups in total. The van der Waals surface area contributed by atoms with Crippen LogP contribution in [0, 0.1) is 18.3 Å². The van der Waals surface area contributed by atoms with Crippen molar-refractivity contribution >= 4 is 17.4 Å². The number of ketones is 1. The Bertz CT molecular complexity index is 1310. The van der Waals surface area contributed by atoms with Gasteiger partial charge in [0, 0.05) is 18.4 Å². The standard InChI is InChI=1S/C31H31NO3.C3H8/c1-20(24-8-10-25(11-9-24)23(4)33)16-26-6-5-7-30(22(26)3)27-12-13-31(28(18-27)19-32)35-29-14-15-34-21(2)17-29;1-3-2/h5-13,16,18,21,29H,14-15,17H2,1-4H3;3H2,1-2H3/b20-16+;. The number of nitriles is 1. The van der Waals surface area contributed by atoms with Crippen LogP contribution < -0.4 is 4.74 Å². The molecule has 0 bridgehead atoms. The smallest absolute Gasteiger partial charge is 0.159 e. The molecule has 3 aromatic rings. The van der Waals surface area contributed by atoms with Crippen molar-refractivity contribution in [2.75, 3.05) is 6.61 Å². The first-order chi connectivity index (χ1) is 18.3. The molecule has 1 aliphatic heterocycles. The summed E-state index contributed by atoms with van der Waals surface area (Å²) in [6.45, 7) is 12.7. The van der Waals surface area contributed by atoms with Gasteiger partial charge in [0.05, 0.1) is 18.3 Å². The molecule has 0 aromatic heterocycles. The van der Waals surface area contributed by atoms with Crippen molar-refractivity contribution in [1.82, 2.24) is 0 Å². The first kappa shape index (κ1) is 28.9. The fourth-order valence-electron chi connectivity index (χ4n) is 4.54. The number of ether oxygens (including phenoxy) is 2. The largest absolute Gasteiger partial charge is 0.489 e. The summed E-state index contributed by atoms with van der Waals surface area (Å²) in [5, 5.41) is 9.81. The van der Waals surface area contributed by atoms with Gasteiger partial charge in [-0.3, -0.25) is 4.79 Å². The quantitative estimate of drug-likeness (QED) is 0.246. The number of rotatable bonds is 6. The van der Waals surface area contributed by atoms with Crippen molar-refractivity contribution in [3.63, 3.8) is 0 Å². The van der Waals surface area contributed by atoms with E-state index >= 15 is 0 Å². The van der Waals surface area contributed by atoms with Crippen molar-refractivity contribution < 1.29 is 14.3 Å². The van der Waals surface area contributed by atoms with Gasteiger partial charge in [0.25, 0.3) is 0 Å². The van der Waals surface area contributed by atoms with Crippen LogP contribution in [0.1, 0.15) is 86.5 Å². The molecule has 4 heteroatoms. The summed E-state index contributed by atoms with van der Waals surface area (Å²) in [5.41, 5.74) is 7.79. The molecule has 0 aliphatic carbocycles. The molecule has 4 rings (SSSR count). The summed E-state index contributed by atoms with van der Waals surface area (Å²) >= 11 is 0. The highest BCUT2D eigenvalue weighted by atomic mass is 16.5. The van der Waals surface area contributed by atoms with Crippen molar-refractivity contribution in [2.24, 2.45) is 0 Å². The van der Waals surface area contributed by atoms with Crippen molar-refractivity contribution in [3.05, 3.63) is 88.5 Å². The average molecular weight is 510 g/mol. The van der Waals surface area contributed by atoms with Gasteiger partial charge >= 0.3 is 0 Å². The number of carbonyl (C=O) groups excluding carboxylic acids is 1. The Balaban J connectivity index is 0.00000127. The molecule has 0 amide bonds. The zero-order chi connectivity index (χ0) is 27.7. The fourth-order valence-corrected chi connectivity index (χ4v) is 4.54. The van der Waals surface area contributed by atoms with Gasteiger partial charge in [-0.15, -0.1) is 0 Å². The minimum atomic E-state index is 0.0669. The summed E-state index contributed by atoms with van der Waals surface area (Å²) in [5.74, 6) is 0.700. The number of carbonyl (C=O) groups is 1. The maximum Gasteiger partial charge on any atom is 0.159 e. The minimum absolute atomic E-state index is 0.0669.